The maximum absolute atomic E-state index is 9.16. The Morgan fingerprint density at radius 2 is 2.00 bits per heavy atom. The molecule has 0 aromatic heterocycles. The highest BCUT2D eigenvalue weighted by Gasteiger charge is 2.38. The van der Waals surface area contributed by atoms with Gasteiger partial charge in [-0.25, -0.2) is 0 Å². The van der Waals surface area contributed by atoms with Crippen LogP contribution in [-0.4, -0.2) is 30.1 Å². The largest absolute Gasteiger partial charge is 0.381 e. The Bertz CT molecular complexity index is 509. The number of benzene rings is 1. The maximum atomic E-state index is 9.16. The molecule has 3 rings (SSSR count). The molecule has 2 heterocycles. The first kappa shape index (κ1) is 12.8. The van der Waals surface area contributed by atoms with Crippen molar-refractivity contribution in [3.8, 4) is 6.07 Å². The summed E-state index contributed by atoms with van der Waals surface area (Å²) in [6, 6.07) is 9.49. The van der Waals surface area contributed by atoms with E-state index in [0.29, 0.717) is 28.7 Å². The van der Waals surface area contributed by atoms with E-state index in [4.69, 9.17) is 16.9 Å². The third-order valence-corrected chi connectivity index (χ3v) is 4.80. The molecule has 0 aliphatic carbocycles. The standard InChI is InChI=1S/C15H18ClN3/c1-19-13-4-5-14(19)8-12(7-13)18-15-6-11(16)3-2-10(15)9-17/h2-3,6,12-14,18H,4-5,7-8H2,1H3. The van der Waals surface area contributed by atoms with E-state index < -0.39 is 0 Å². The van der Waals surface area contributed by atoms with E-state index >= 15 is 0 Å². The van der Waals surface area contributed by atoms with Gasteiger partial charge in [-0.3, -0.25) is 0 Å². The third kappa shape index (κ3) is 2.43. The molecule has 2 bridgehead atoms. The normalized spacial score (nSPS) is 30.1. The van der Waals surface area contributed by atoms with Crippen LogP contribution in [0.1, 0.15) is 31.2 Å². The summed E-state index contributed by atoms with van der Waals surface area (Å²) in [4.78, 5) is 2.52. The average Bonchev–Trinajstić information content (AvgIpc) is 2.63. The van der Waals surface area contributed by atoms with Crippen molar-refractivity contribution in [3.63, 3.8) is 0 Å². The highest BCUT2D eigenvalue weighted by atomic mass is 35.5. The Morgan fingerprint density at radius 1 is 1.32 bits per heavy atom. The van der Waals surface area contributed by atoms with Crippen molar-refractivity contribution in [1.82, 2.24) is 4.90 Å². The van der Waals surface area contributed by atoms with Gasteiger partial charge >= 0.3 is 0 Å². The summed E-state index contributed by atoms with van der Waals surface area (Å²) in [7, 11) is 2.23. The molecular formula is C15H18ClN3. The molecule has 4 heteroatoms. The molecule has 1 aromatic carbocycles. The Hall–Kier alpha value is -1.24. The summed E-state index contributed by atoms with van der Waals surface area (Å²) in [5, 5.41) is 13.4. The smallest absolute Gasteiger partial charge is 0.101 e. The highest BCUT2D eigenvalue weighted by Crippen LogP contribution is 2.36. The van der Waals surface area contributed by atoms with E-state index in [9.17, 15) is 0 Å². The third-order valence-electron chi connectivity index (χ3n) is 4.56. The highest BCUT2D eigenvalue weighted by molar-refractivity contribution is 6.30. The van der Waals surface area contributed by atoms with Crippen molar-refractivity contribution in [1.29, 1.82) is 5.26 Å². The van der Waals surface area contributed by atoms with Gasteiger partial charge in [-0.15, -0.1) is 0 Å². The lowest BCUT2D eigenvalue weighted by atomic mass is 9.97. The molecule has 2 unspecified atom stereocenters. The fourth-order valence-corrected chi connectivity index (χ4v) is 3.65. The van der Waals surface area contributed by atoms with Crippen LogP contribution in [0.3, 0.4) is 0 Å². The number of anilines is 1. The number of nitriles is 1. The SMILES string of the molecule is CN1C2CCC1CC(Nc1cc(Cl)ccc1C#N)C2. The van der Waals surface area contributed by atoms with E-state index in [1.807, 2.05) is 6.07 Å². The fraction of sp³-hybridized carbons (Fsp3) is 0.533. The Balaban J connectivity index is 1.76. The number of nitrogens with one attached hydrogen (secondary N) is 1. The summed E-state index contributed by atoms with van der Waals surface area (Å²) in [6.45, 7) is 0. The van der Waals surface area contributed by atoms with Crippen LogP contribution in [0.25, 0.3) is 0 Å². The van der Waals surface area contributed by atoms with Gasteiger partial charge in [0, 0.05) is 23.1 Å². The Kier molecular flexibility index (Phi) is 3.38. The lowest BCUT2D eigenvalue weighted by Gasteiger charge is -2.37. The average molecular weight is 276 g/mol. The number of hydrogen-bond acceptors (Lipinski definition) is 3. The van der Waals surface area contributed by atoms with Crippen LogP contribution < -0.4 is 5.32 Å². The molecule has 2 aliphatic heterocycles. The van der Waals surface area contributed by atoms with Gasteiger partial charge in [0.15, 0.2) is 0 Å². The molecule has 0 spiro atoms. The van der Waals surface area contributed by atoms with Crippen molar-refractivity contribution in [2.24, 2.45) is 0 Å². The van der Waals surface area contributed by atoms with Gasteiger partial charge in [0.25, 0.3) is 0 Å². The summed E-state index contributed by atoms with van der Waals surface area (Å²) in [5.41, 5.74) is 1.56. The zero-order valence-electron chi connectivity index (χ0n) is 11.1. The van der Waals surface area contributed by atoms with Crippen LogP contribution in [0.4, 0.5) is 5.69 Å². The molecule has 1 N–H and O–H groups in total. The molecule has 3 nitrogen and oxygen atoms in total. The van der Waals surface area contributed by atoms with Gasteiger partial charge in [-0.2, -0.15) is 5.26 Å². The molecule has 0 radical (unpaired) electrons. The van der Waals surface area contributed by atoms with Crippen molar-refractivity contribution >= 4 is 17.3 Å². The number of piperidine rings is 1. The van der Waals surface area contributed by atoms with E-state index in [1.165, 1.54) is 12.8 Å². The summed E-state index contributed by atoms with van der Waals surface area (Å²) in [6.07, 6.45) is 4.93. The number of nitrogens with zero attached hydrogens (tertiary/aromatic N) is 2. The monoisotopic (exact) mass is 275 g/mol. The molecular weight excluding hydrogens is 258 g/mol. The molecule has 0 saturated carbocycles. The first-order valence-electron chi connectivity index (χ1n) is 6.85. The molecule has 2 saturated heterocycles. The topological polar surface area (TPSA) is 39.1 Å². The zero-order valence-corrected chi connectivity index (χ0v) is 11.8. The lowest BCUT2D eigenvalue weighted by Crippen LogP contribution is -2.44. The van der Waals surface area contributed by atoms with Crippen LogP contribution in [0.2, 0.25) is 5.02 Å². The Labute approximate surface area is 119 Å². The quantitative estimate of drug-likeness (QED) is 0.901. The maximum Gasteiger partial charge on any atom is 0.101 e. The van der Waals surface area contributed by atoms with E-state index in [2.05, 4.69) is 23.3 Å². The zero-order chi connectivity index (χ0) is 13.4. The minimum atomic E-state index is 0.458. The molecule has 19 heavy (non-hydrogen) atoms. The molecule has 2 fully saturated rings. The summed E-state index contributed by atoms with van der Waals surface area (Å²) < 4.78 is 0. The van der Waals surface area contributed by atoms with Crippen LogP contribution in [0.15, 0.2) is 18.2 Å². The van der Waals surface area contributed by atoms with E-state index in [0.717, 1.165) is 18.5 Å². The second-order valence-electron chi connectivity index (χ2n) is 5.66. The molecule has 2 atom stereocenters. The van der Waals surface area contributed by atoms with Crippen molar-refractivity contribution in [2.45, 2.75) is 43.8 Å². The number of rotatable bonds is 2. The minimum absolute atomic E-state index is 0.458. The van der Waals surface area contributed by atoms with E-state index in [-0.39, 0.29) is 0 Å². The summed E-state index contributed by atoms with van der Waals surface area (Å²) in [5.74, 6) is 0. The van der Waals surface area contributed by atoms with Crippen LogP contribution >= 0.6 is 11.6 Å². The van der Waals surface area contributed by atoms with Crippen LogP contribution in [0.5, 0.6) is 0 Å². The molecule has 2 aliphatic rings. The van der Waals surface area contributed by atoms with Gasteiger partial charge in [0.2, 0.25) is 0 Å². The lowest BCUT2D eigenvalue weighted by molar-refractivity contribution is 0.169. The van der Waals surface area contributed by atoms with Crippen LogP contribution in [-0.2, 0) is 0 Å². The van der Waals surface area contributed by atoms with Gasteiger partial charge < -0.3 is 10.2 Å². The minimum Gasteiger partial charge on any atom is -0.381 e. The van der Waals surface area contributed by atoms with Gasteiger partial charge in [0.05, 0.1) is 11.3 Å². The first-order valence-corrected chi connectivity index (χ1v) is 7.23. The predicted octanol–water partition coefficient (Wildman–Crippen LogP) is 3.25. The fourth-order valence-electron chi connectivity index (χ4n) is 3.48. The van der Waals surface area contributed by atoms with E-state index in [1.54, 1.807) is 12.1 Å². The molecule has 0 amide bonds. The first-order chi connectivity index (χ1) is 9.17. The predicted molar refractivity (Wildman–Crippen MR) is 77.4 cm³/mol. The van der Waals surface area contributed by atoms with Crippen molar-refractivity contribution in [2.75, 3.05) is 12.4 Å². The van der Waals surface area contributed by atoms with Gasteiger partial charge in [0.1, 0.15) is 6.07 Å². The second kappa shape index (κ2) is 5.03. The molecule has 1 aromatic rings. The van der Waals surface area contributed by atoms with Crippen LogP contribution in [0, 0.1) is 11.3 Å². The number of fused-ring (bicyclic) bond motifs is 2. The molecule has 100 valence electrons. The van der Waals surface area contributed by atoms with Gasteiger partial charge in [-0.1, -0.05) is 11.6 Å². The Morgan fingerprint density at radius 3 is 2.63 bits per heavy atom. The van der Waals surface area contributed by atoms with Crippen molar-refractivity contribution in [3.05, 3.63) is 28.8 Å². The number of halogens is 1. The van der Waals surface area contributed by atoms with Gasteiger partial charge in [-0.05, 0) is 50.9 Å². The summed E-state index contributed by atoms with van der Waals surface area (Å²) >= 11 is 6.03. The second-order valence-corrected chi connectivity index (χ2v) is 6.10. The van der Waals surface area contributed by atoms with Crippen molar-refractivity contribution < 1.29 is 0 Å². The number of hydrogen-bond donors (Lipinski definition) is 1.